The number of rotatable bonds is 4. The Morgan fingerprint density at radius 3 is 2.30 bits per heavy atom. The van der Waals surface area contributed by atoms with Gasteiger partial charge in [-0.05, 0) is 51.7 Å². The summed E-state index contributed by atoms with van der Waals surface area (Å²) in [5.74, 6) is 0. The van der Waals surface area contributed by atoms with Crippen LogP contribution in [0.25, 0.3) is 0 Å². The topological polar surface area (TPSA) is 23.6 Å². The number of carbonyl (C=O) groups excluding carboxylic acids is 1. The van der Waals surface area contributed by atoms with E-state index in [0.717, 1.165) is 25.4 Å². The van der Waals surface area contributed by atoms with Gasteiger partial charge in [-0.25, -0.2) is 0 Å². The highest BCUT2D eigenvalue weighted by Gasteiger charge is 2.36. The van der Waals surface area contributed by atoms with Crippen molar-refractivity contribution in [1.29, 1.82) is 0 Å². The van der Waals surface area contributed by atoms with Gasteiger partial charge in [-0.2, -0.15) is 0 Å². The van der Waals surface area contributed by atoms with Crippen molar-refractivity contribution >= 4 is 6.29 Å². The first-order valence-electron chi connectivity index (χ1n) is 8.74. The maximum absolute atomic E-state index is 11.7. The standard InChI is InChI=1S/C17H30N2O/c20-15-17(8-3-1-2-4-9-17)14-18-12-7-16(13-18)19-10-5-6-11-19/h15-16H,1-14H2. The molecule has 2 aliphatic heterocycles. The number of likely N-dealkylation sites (tertiary alicyclic amines) is 2. The molecule has 1 unspecified atom stereocenters. The number of nitrogens with zero attached hydrogens (tertiary/aromatic N) is 2. The molecular formula is C17H30N2O. The minimum Gasteiger partial charge on any atom is -0.303 e. The number of hydrogen-bond acceptors (Lipinski definition) is 3. The molecule has 3 aliphatic rings. The van der Waals surface area contributed by atoms with Gasteiger partial charge >= 0.3 is 0 Å². The summed E-state index contributed by atoms with van der Waals surface area (Å²) in [6.07, 6.45) is 12.8. The lowest BCUT2D eigenvalue weighted by molar-refractivity contribution is -0.118. The van der Waals surface area contributed by atoms with Gasteiger partial charge in [-0.15, -0.1) is 0 Å². The van der Waals surface area contributed by atoms with E-state index in [1.807, 2.05) is 0 Å². The van der Waals surface area contributed by atoms with Crippen LogP contribution in [-0.2, 0) is 4.79 Å². The summed E-state index contributed by atoms with van der Waals surface area (Å²) in [6.45, 7) is 6.04. The number of aldehydes is 1. The van der Waals surface area contributed by atoms with E-state index in [2.05, 4.69) is 9.80 Å². The monoisotopic (exact) mass is 278 g/mol. The van der Waals surface area contributed by atoms with Crippen molar-refractivity contribution in [3.05, 3.63) is 0 Å². The summed E-state index contributed by atoms with van der Waals surface area (Å²) >= 11 is 0. The third-order valence-corrected chi connectivity index (χ3v) is 5.79. The third kappa shape index (κ3) is 3.25. The van der Waals surface area contributed by atoms with Gasteiger partial charge in [0.05, 0.1) is 0 Å². The molecule has 3 nitrogen and oxygen atoms in total. The highest BCUT2D eigenvalue weighted by Crippen LogP contribution is 2.35. The van der Waals surface area contributed by atoms with Crippen molar-refractivity contribution in [1.82, 2.24) is 9.80 Å². The van der Waals surface area contributed by atoms with Crippen LogP contribution in [0.2, 0.25) is 0 Å². The van der Waals surface area contributed by atoms with Gasteiger partial charge in [-0.3, -0.25) is 4.90 Å². The molecule has 3 heteroatoms. The predicted molar refractivity (Wildman–Crippen MR) is 81.9 cm³/mol. The second-order valence-electron chi connectivity index (χ2n) is 7.32. The highest BCUT2D eigenvalue weighted by molar-refractivity contribution is 5.59. The minimum absolute atomic E-state index is 0.0175. The summed E-state index contributed by atoms with van der Waals surface area (Å²) in [6, 6.07) is 0.770. The van der Waals surface area contributed by atoms with Crippen molar-refractivity contribution in [3.63, 3.8) is 0 Å². The summed E-state index contributed by atoms with van der Waals surface area (Å²) in [5.41, 5.74) is -0.0175. The summed E-state index contributed by atoms with van der Waals surface area (Å²) < 4.78 is 0. The Hall–Kier alpha value is -0.410. The third-order valence-electron chi connectivity index (χ3n) is 5.79. The molecule has 0 N–H and O–H groups in total. The molecule has 0 aromatic carbocycles. The van der Waals surface area contributed by atoms with Gasteiger partial charge in [-0.1, -0.05) is 25.7 Å². The van der Waals surface area contributed by atoms with Crippen LogP contribution in [0.5, 0.6) is 0 Å². The van der Waals surface area contributed by atoms with Crippen LogP contribution >= 0.6 is 0 Å². The molecule has 114 valence electrons. The van der Waals surface area contributed by atoms with Gasteiger partial charge in [0.15, 0.2) is 0 Å². The zero-order valence-electron chi connectivity index (χ0n) is 12.9. The molecule has 0 bridgehead atoms. The normalized spacial score (nSPS) is 32.3. The zero-order valence-corrected chi connectivity index (χ0v) is 12.9. The van der Waals surface area contributed by atoms with Crippen molar-refractivity contribution in [2.45, 2.75) is 63.8 Å². The smallest absolute Gasteiger partial charge is 0.127 e. The highest BCUT2D eigenvalue weighted by atomic mass is 16.1. The van der Waals surface area contributed by atoms with Gasteiger partial charge in [0.2, 0.25) is 0 Å². The quantitative estimate of drug-likeness (QED) is 0.583. The summed E-state index contributed by atoms with van der Waals surface area (Å²) in [4.78, 5) is 17.0. The van der Waals surface area contributed by atoms with Crippen molar-refractivity contribution in [2.75, 3.05) is 32.7 Å². The van der Waals surface area contributed by atoms with Crippen LogP contribution in [0.1, 0.15) is 57.8 Å². The lowest BCUT2D eigenvalue weighted by Crippen LogP contribution is -2.40. The molecule has 1 aliphatic carbocycles. The average molecular weight is 278 g/mol. The number of hydrogen-bond donors (Lipinski definition) is 0. The van der Waals surface area contributed by atoms with Gasteiger partial charge in [0.25, 0.3) is 0 Å². The van der Waals surface area contributed by atoms with E-state index in [4.69, 9.17) is 0 Å². The van der Waals surface area contributed by atoms with E-state index in [0.29, 0.717) is 0 Å². The van der Waals surface area contributed by atoms with E-state index < -0.39 is 0 Å². The van der Waals surface area contributed by atoms with Crippen LogP contribution in [0.4, 0.5) is 0 Å². The molecule has 0 amide bonds. The van der Waals surface area contributed by atoms with E-state index in [1.54, 1.807) is 0 Å². The Morgan fingerprint density at radius 1 is 0.950 bits per heavy atom. The van der Waals surface area contributed by atoms with Crippen molar-refractivity contribution in [2.24, 2.45) is 5.41 Å². The first kappa shape index (κ1) is 14.5. The molecule has 0 spiro atoms. The maximum Gasteiger partial charge on any atom is 0.127 e. The number of carbonyl (C=O) groups is 1. The fourth-order valence-electron chi connectivity index (χ4n) is 4.55. The lowest BCUT2D eigenvalue weighted by atomic mass is 9.81. The summed E-state index contributed by atoms with van der Waals surface area (Å²) in [7, 11) is 0. The van der Waals surface area contributed by atoms with E-state index >= 15 is 0 Å². The summed E-state index contributed by atoms with van der Waals surface area (Å²) in [5, 5.41) is 0. The molecule has 1 saturated carbocycles. The molecule has 0 aromatic heterocycles. The molecule has 3 fully saturated rings. The molecular weight excluding hydrogens is 248 g/mol. The fraction of sp³-hybridized carbons (Fsp3) is 0.941. The Balaban J connectivity index is 1.55. The van der Waals surface area contributed by atoms with Crippen LogP contribution in [0, 0.1) is 5.41 Å². The van der Waals surface area contributed by atoms with E-state index in [9.17, 15) is 4.79 Å². The molecule has 0 radical (unpaired) electrons. The van der Waals surface area contributed by atoms with Crippen LogP contribution in [-0.4, -0.2) is 54.9 Å². The molecule has 20 heavy (non-hydrogen) atoms. The fourth-order valence-corrected chi connectivity index (χ4v) is 4.55. The first-order valence-corrected chi connectivity index (χ1v) is 8.74. The maximum atomic E-state index is 11.7. The SMILES string of the molecule is O=CC1(CN2CCC(N3CCCC3)C2)CCCCCC1. The van der Waals surface area contributed by atoms with Crippen LogP contribution < -0.4 is 0 Å². The van der Waals surface area contributed by atoms with Gasteiger partial charge < -0.3 is 9.69 Å². The van der Waals surface area contributed by atoms with Gasteiger partial charge in [0, 0.05) is 24.5 Å². The van der Waals surface area contributed by atoms with Crippen molar-refractivity contribution < 1.29 is 4.79 Å². The Kier molecular flexibility index (Phi) is 4.77. The second kappa shape index (κ2) is 6.57. The van der Waals surface area contributed by atoms with Crippen LogP contribution in [0.3, 0.4) is 0 Å². The molecule has 0 aromatic rings. The largest absolute Gasteiger partial charge is 0.303 e. The average Bonchev–Trinajstić information content (AvgIpc) is 3.08. The zero-order chi connectivity index (χ0) is 13.8. The predicted octanol–water partition coefficient (Wildman–Crippen LogP) is 2.70. The van der Waals surface area contributed by atoms with E-state index in [-0.39, 0.29) is 5.41 Å². The Morgan fingerprint density at radius 2 is 1.65 bits per heavy atom. The van der Waals surface area contributed by atoms with Gasteiger partial charge in [0.1, 0.15) is 6.29 Å². The van der Waals surface area contributed by atoms with E-state index in [1.165, 1.54) is 77.4 Å². The molecule has 2 saturated heterocycles. The molecule has 1 atom stereocenters. The Bertz CT molecular complexity index is 317. The minimum atomic E-state index is -0.0175. The Labute approximate surface area is 123 Å². The molecule has 3 rings (SSSR count). The lowest BCUT2D eigenvalue weighted by Gasteiger charge is -2.32. The first-order chi connectivity index (χ1) is 9.81. The molecule has 2 heterocycles. The van der Waals surface area contributed by atoms with Crippen molar-refractivity contribution in [3.8, 4) is 0 Å². The van der Waals surface area contributed by atoms with Crippen LogP contribution in [0.15, 0.2) is 0 Å². The second-order valence-corrected chi connectivity index (χ2v) is 7.32.